The third-order valence-corrected chi connectivity index (χ3v) is 2.42. The van der Waals surface area contributed by atoms with Gasteiger partial charge in [0.05, 0.1) is 0 Å². The van der Waals surface area contributed by atoms with Gasteiger partial charge in [0.25, 0.3) is 0 Å². The summed E-state index contributed by atoms with van der Waals surface area (Å²) in [6.45, 7) is 6.49. The number of hydrogen-bond acceptors (Lipinski definition) is 1. The van der Waals surface area contributed by atoms with E-state index in [1.807, 2.05) is 12.1 Å². The van der Waals surface area contributed by atoms with E-state index >= 15 is 0 Å². The molecule has 1 nitrogen and oxygen atoms in total. The van der Waals surface area contributed by atoms with Crippen LogP contribution in [0, 0.1) is 11.7 Å². The molecule has 84 valence electrons. The van der Waals surface area contributed by atoms with Gasteiger partial charge in [-0.3, -0.25) is 0 Å². The van der Waals surface area contributed by atoms with Gasteiger partial charge in [-0.2, -0.15) is 0 Å². The van der Waals surface area contributed by atoms with Crippen molar-refractivity contribution in [1.82, 2.24) is 5.32 Å². The van der Waals surface area contributed by atoms with Crippen molar-refractivity contribution >= 4 is 0 Å². The fraction of sp³-hybridized carbons (Fsp3) is 0.538. The maximum absolute atomic E-state index is 12.7. The van der Waals surface area contributed by atoms with Gasteiger partial charge in [-0.15, -0.1) is 0 Å². The molecule has 0 aromatic heterocycles. The normalized spacial score (nSPS) is 12.7. The molecule has 0 aliphatic heterocycles. The molecule has 0 radical (unpaired) electrons. The highest BCUT2D eigenvalue weighted by molar-refractivity contribution is 5.16. The molecule has 0 amide bonds. The van der Waals surface area contributed by atoms with Crippen LogP contribution >= 0.6 is 0 Å². The fourth-order valence-corrected chi connectivity index (χ4v) is 1.62. The quantitative estimate of drug-likeness (QED) is 0.710. The predicted molar refractivity (Wildman–Crippen MR) is 62.4 cm³/mol. The lowest BCUT2D eigenvalue weighted by atomic mass is 10.0. The molecule has 15 heavy (non-hydrogen) atoms. The Labute approximate surface area is 91.7 Å². The summed E-state index contributed by atoms with van der Waals surface area (Å²) in [4.78, 5) is 0. The lowest BCUT2D eigenvalue weighted by Crippen LogP contribution is -2.23. The Kier molecular flexibility index (Phi) is 5.33. The number of rotatable bonds is 6. The van der Waals surface area contributed by atoms with E-state index in [0.717, 1.165) is 19.5 Å². The number of nitrogens with one attached hydrogen (secondary N) is 1. The molecule has 0 saturated heterocycles. The van der Waals surface area contributed by atoms with Crippen molar-refractivity contribution in [2.24, 2.45) is 5.92 Å². The molecule has 0 saturated carbocycles. The van der Waals surface area contributed by atoms with Gasteiger partial charge in [-0.05, 0) is 49.5 Å². The minimum absolute atomic E-state index is 0.157. The summed E-state index contributed by atoms with van der Waals surface area (Å²) in [5.41, 5.74) is 1.21. The first-order chi connectivity index (χ1) is 7.22. The maximum Gasteiger partial charge on any atom is 0.123 e. The highest BCUT2D eigenvalue weighted by Crippen LogP contribution is 2.08. The van der Waals surface area contributed by atoms with Crippen LogP contribution < -0.4 is 5.32 Å². The molecule has 0 heterocycles. The zero-order chi connectivity index (χ0) is 11.1. The van der Waals surface area contributed by atoms with Gasteiger partial charge in [-0.25, -0.2) is 4.39 Å². The summed E-state index contributed by atoms with van der Waals surface area (Å²) in [5.74, 6) is 0.442. The van der Waals surface area contributed by atoms with E-state index in [1.54, 1.807) is 0 Å². The molecule has 1 unspecified atom stereocenters. The first kappa shape index (κ1) is 12.2. The van der Waals surface area contributed by atoms with Crippen LogP contribution in [0.2, 0.25) is 0 Å². The molecule has 0 aliphatic rings. The molecular weight excluding hydrogens is 189 g/mol. The Bertz CT molecular complexity index is 268. The van der Waals surface area contributed by atoms with E-state index in [1.165, 1.54) is 24.1 Å². The maximum atomic E-state index is 12.7. The average molecular weight is 209 g/mol. The Morgan fingerprint density at radius 1 is 1.27 bits per heavy atom. The molecular formula is C13H20FN. The highest BCUT2D eigenvalue weighted by atomic mass is 19.1. The molecule has 1 rings (SSSR count). The Morgan fingerprint density at radius 2 is 1.93 bits per heavy atom. The standard InChI is InChI=1S/C13H20FN/c1-3-8-15-10-11(2)9-12-4-6-13(14)7-5-12/h4-7,11,15H,3,8-10H2,1-2H3. The third-order valence-electron chi connectivity index (χ3n) is 2.42. The highest BCUT2D eigenvalue weighted by Gasteiger charge is 2.02. The molecule has 0 aliphatic carbocycles. The topological polar surface area (TPSA) is 12.0 Å². The second kappa shape index (κ2) is 6.57. The fourth-order valence-electron chi connectivity index (χ4n) is 1.62. The van der Waals surface area contributed by atoms with Crippen molar-refractivity contribution in [2.45, 2.75) is 26.7 Å². The van der Waals surface area contributed by atoms with Crippen molar-refractivity contribution in [1.29, 1.82) is 0 Å². The van der Waals surface area contributed by atoms with Gasteiger partial charge < -0.3 is 5.32 Å². The molecule has 1 atom stereocenters. The van der Waals surface area contributed by atoms with Crippen molar-refractivity contribution in [3.8, 4) is 0 Å². The van der Waals surface area contributed by atoms with Crippen LogP contribution in [0.1, 0.15) is 25.8 Å². The van der Waals surface area contributed by atoms with Crippen LogP contribution in [-0.4, -0.2) is 13.1 Å². The van der Waals surface area contributed by atoms with E-state index in [9.17, 15) is 4.39 Å². The van der Waals surface area contributed by atoms with Gasteiger partial charge in [0.1, 0.15) is 5.82 Å². The van der Waals surface area contributed by atoms with Gasteiger partial charge in [0.15, 0.2) is 0 Å². The summed E-state index contributed by atoms with van der Waals surface area (Å²) in [5, 5.41) is 3.39. The van der Waals surface area contributed by atoms with Crippen molar-refractivity contribution < 1.29 is 4.39 Å². The molecule has 0 fully saturated rings. The SMILES string of the molecule is CCCNCC(C)Cc1ccc(F)cc1. The lowest BCUT2D eigenvalue weighted by molar-refractivity contribution is 0.510. The predicted octanol–water partition coefficient (Wildman–Crippen LogP) is 3.00. The summed E-state index contributed by atoms with van der Waals surface area (Å²) in [7, 11) is 0. The van der Waals surface area contributed by atoms with Crippen LogP contribution in [0.5, 0.6) is 0 Å². The smallest absolute Gasteiger partial charge is 0.123 e. The summed E-state index contributed by atoms with van der Waals surface area (Å²) in [6.07, 6.45) is 2.18. The van der Waals surface area contributed by atoms with Gasteiger partial charge in [-0.1, -0.05) is 26.0 Å². The van der Waals surface area contributed by atoms with Crippen LogP contribution in [0.4, 0.5) is 4.39 Å². The number of benzene rings is 1. The molecule has 0 bridgehead atoms. The minimum atomic E-state index is -0.157. The van der Waals surface area contributed by atoms with Crippen molar-refractivity contribution in [3.63, 3.8) is 0 Å². The first-order valence-corrected chi connectivity index (χ1v) is 5.67. The van der Waals surface area contributed by atoms with Gasteiger partial charge >= 0.3 is 0 Å². The molecule has 1 N–H and O–H groups in total. The molecule has 2 heteroatoms. The Balaban J connectivity index is 2.31. The van der Waals surface area contributed by atoms with E-state index in [4.69, 9.17) is 0 Å². The minimum Gasteiger partial charge on any atom is -0.316 e. The van der Waals surface area contributed by atoms with Crippen LogP contribution in [0.25, 0.3) is 0 Å². The second-order valence-electron chi connectivity index (χ2n) is 4.14. The van der Waals surface area contributed by atoms with E-state index < -0.39 is 0 Å². The summed E-state index contributed by atoms with van der Waals surface area (Å²) < 4.78 is 12.7. The second-order valence-corrected chi connectivity index (χ2v) is 4.14. The van der Waals surface area contributed by atoms with Crippen molar-refractivity contribution in [2.75, 3.05) is 13.1 Å². The van der Waals surface area contributed by atoms with E-state index in [-0.39, 0.29) is 5.82 Å². The zero-order valence-corrected chi connectivity index (χ0v) is 9.59. The van der Waals surface area contributed by atoms with Crippen LogP contribution in [0.3, 0.4) is 0 Å². The van der Waals surface area contributed by atoms with E-state index in [0.29, 0.717) is 5.92 Å². The van der Waals surface area contributed by atoms with E-state index in [2.05, 4.69) is 19.2 Å². The number of halogens is 1. The zero-order valence-electron chi connectivity index (χ0n) is 9.59. The Hall–Kier alpha value is -0.890. The molecule has 0 spiro atoms. The van der Waals surface area contributed by atoms with Crippen molar-refractivity contribution in [3.05, 3.63) is 35.6 Å². The van der Waals surface area contributed by atoms with Gasteiger partial charge in [0.2, 0.25) is 0 Å². The summed E-state index contributed by atoms with van der Waals surface area (Å²) in [6, 6.07) is 6.79. The third kappa shape index (κ3) is 4.93. The molecule has 1 aromatic carbocycles. The largest absolute Gasteiger partial charge is 0.316 e. The number of hydrogen-bond donors (Lipinski definition) is 1. The summed E-state index contributed by atoms with van der Waals surface area (Å²) >= 11 is 0. The molecule has 1 aromatic rings. The Morgan fingerprint density at radius 3 is 2.53 bits per heavy atom. The van der Waals surface area contributed by atoms with Gasteiger partial charge in [0, 0.05) is 0 Å². The van der Waals surface area contributed by atoms with Crippen LogP contribution in [0.15, 0.2) is 24.3 Å². The first-order valence-electron chi connectivity index (χ1n) is 5.67. The average Bonchev–Trinajstić information content (AvgIpc) is 2.22. The van der Waals surface area contributed by atoms with Crippen LogP contribution in [-0.2, 0) is 6.42 Å². The monoisotopic (exact) mass is 209 g/mol. The lowest BCUT2D eigenvalue weighted by Gasteiger charge is -2.12.